The molecule has 0 aliphatic carbocycles. The molecule has 1 atom stereocenters. The molecule has 16 aromatic rings. The summed E-state index contributed by atoms with van der Waals surface area (Å²) in [4.78, 5) is 0. The summed E-state index contributed by atoms with van der Waals surface area (Å²) in [5.74, 6) is 0. The Morgan fingerprint density at radius 1 is 0.205 bits per heavy atom. The van der Waals surface area contributed by atoms with Crippen LogP contribution in [0.4, 0.5) is 0 Å². The standard InChI is InChI=1S/C74H46O2P2/c75-77(70-38-34-51-28-27-49-16-11-17-50-33-37-67(70)72(51)71(49)50,64-35-31-55-41-58-39-52-14-7-8-15-53(52)40-59(58)42-60(55)44-64)63-23-12-18-54(43-63)56-29-25-48-32-36-66-69(68(48)45-56)46-57-30-26-47-13-9-10-24-65(47)73(57)74(66)78(76,61-19-3-1-4-20-61)62-21-5-2-6-22-62/h1-46H. The van der Waals surface area contributed by atoms with Gasteiger partial charge in [0.05, 0.1) is 0 Å². The third-order valence-electron chi connectivity index (χ3n) is 16.8. The lowest BCUT2D eigenvalue weighted by molar-refractivity contribution is 0.592. The maximum Gasteiger partial charge on any atom is 0.172 e. The molecule has 0 saturated carbocycles. The quantitative estimate of drug-likeness (QED) is 0.0906. The van der Waals surface area contributed by atoms with Gasteiger partial charge in [0.1, 0.15) is 0 Å². The van der Waals surface area contributed by atoms with Crippen molar-refractivity contribution in [3.8, 4) is 11.1 Å². The van der Waals surface area contributed by atoms with Crippen molar-refractivity contribution in [1.29, 1.82) is 0 Å². The summed E-state index contributed by atoms with van der Waals surface area (Å²) >= 11 is 0. The van der Waals surface area contributed by atoms with Gasteiger partial charge in [-0.15, -0.1) is 0 Å². The number of rotatable bonds is 7. The molecule has 2 nitrogen and oxygen atoms in total. The molecule has 0 spiro atoms. The van der Waals surface area contributed by atoms with E-state index in [0.29, 0.717) is 0 Å². The Hall–Kier alpha value is -9.16. The number of hydrogen-bond acceptors (Lipinski definition) is 2. The molecule has 0 aliphatic rings. The first-order valence-corrected chi connectivity index (χ1v) is 30.1. The van der Waals surface area contributed by atoms with E-state index in [0.717, 1.165) is 118 Å². The van der Waals surface area contributed by atoms with Crippen molar-refractivity contribution in [2.75, 3.05) is 0 Å². The van der Waals surface area contributed by atoms with Crippen LogP contribution in [-0.4, -0.2) is 0 Å². The Morgan fingerprint density at radius 2 is 0.679 bits per heavy atom. The number of hydrogen-bond donors (Lipinski definition) is 0. The first-order chi connectivity index (χ1) is 38.4. The molecule has 0 radical (unpaired) electrons. The van der Waals surface area contributed by atoms with Crippen LogP contribution in [0.15, 0.2) is 279 Å². The molecule has 0 aromatic heterocycles. The highest BCUT2D eigenvalue weighted by Crippen LogP contribution is 2.51. The van der Waals surface area contributed by atoms with E-state index in [1.807, 2.05) is 60.7 Å². The van der Waals surface area contributed by atoms with Gasteiger partial charge in [0.2, 0.25) is 0 Å². The third-order valence-corrected chi connectivity index (χ3v) is 23.0. The van der Waals surface area contributed by atoms with Crippen LogP contribution in [0, 0.1) is 0 Å². The van der Waals surface area contributed by atoms with Crippen LogP contribution in [0.5, 0.6) is 0 Å². The van der Waals surface area contributed by atoms with Gasteiger partial charge in [-0.3, -0.25) is 0 Å². The largest absolute Gasteiger partial charge is 0.309 e. The molecule has 78 heavy (non-hydrogen) atoms. The van der Waals surface area contributed by atoms with Crippen molar-refractivity contribution in [3.63, 3.8) is 0 Å². The first-order valence-electron chi connectivity index (χ1n) is 26.7. The van der Waals surface area contributed by atoms with Gasteiger partial charge in [0.15, 0.2) is 14.3 Å². The minimum atomic E-state index is -3.64. The smallest absolute Gasteiger partial charge is 0.172 e. The topological polar surface area (TPSA) is 34.1 Å². The Balaban J connectivity index is 0.933. The van der Waals surface area contributed by atoms with E-state index in [1.165, 1.54) is 32.3 Å². The molecular weight excluding hydrogens is 983 g/mol. The summed E-state index contributed by atoms with van der Waals surface area (Å²) < 4.78 is 34.2. The zero-order valence-corrected chi connectivity index (χ0v) is 44.1. The molecule has 16 aromatic carbocycles. The summed E-state index contributed by atoms with van der Waals surface area (Å²) in [6.07, 6.45) is 0. The Kier molecular flexibility index (Phi) is 9.92. The molecule has 4 heteroatoms. The highest BCUT2D eigenvalue weighted by atomic mass is 31.2. The van der Waals surface area contributed by atoms with Crippen LogP contribution in [-0.2, 0) is 9.13 Å². The highest BCUT2D eigenvalue weighted by Gasteiger charge is 2.35. The van der Waals surface area contributed by atoms with Crippen molar-refractivity contribution in [3.05, 3.63) is 279 Å². The average Bonchev–Trinajstić information content (AvgIpc) is 3.14. The zero-order chi connectivity index (χ0) is 51.7. The maximum absolute atomic E-state index is 17.4. The number of fused-ring (bicyclic) bond motifs is 9. The van der Waals surface area contributed by atoms with Gasteiger partial charge in [0.25, 0.3) is 0 Å². The molecule has 0 fully saturated rings. The molecule has 0 heterocycles. The first kappa shape index (κ1) is 45.1. The zero-order valence-electron chi connectivity index (χ0n) is 42.3. The van der Waals surface area contributed by atoms with Crippen molar-refractivity contribution >= 4 is 154 Å². The summed E-state index contributed by atoms with van der Waals surface area (Å²) in [5, 5.41) is 26.9. The lowest BCUT2D eigenvalue weighted by Crippen LogP contribution is -2.26. The Morgan fingerprint density at radius 3 is 1.42 bits per heavy atom. The van der Waals surface area contributed by atoms with Crippen LogP contribution in [0.2, 0.25) is 0 Å². The van der Waals surface area contributed by atoms with Crippen LogP contribution < -0.4 is 31.8 Å². The van der Waals surface area contributed by atoms with Gasteiger partial charge < -0.3 is 9.13 Å². The van der Waals surface area contributed by atoms with Crippen molar-refractivity contribution in [2.45, 2.75) is 0 Å². The van der Waals surface area contributed by atoms with E-state index >= 15 is 9.13 Å². The van der Waals surface area contributed by atoms with E-state index < -0.39 is 14.3 Å². The molecule has 0 bridgehead atoms. The lowest BCUT2D eigenvalue weighted by Gasteiger charge is -2.25. The van der Waals surface area contributed by atoms with Gasteiger partial charge in [-0.05, 0) is 168 Å². The minimum absolute atomic E-state index is 0.769. The fourth-order valence-electron chi connectivity index (χ4n) is 13.0. The van der Waals surface area contributed by atoms with Gasteiger partial charge in [0, 0.05) is 37.2 Å². The highest BCUT2D eigenvalue weighted by molar-refractivity contribution is 7.86. The van der Waals surface area contributed by atoms with Crippen LogP contribution in [0.25, 0.3) is 119 Å². The van der Waals surface area contributed by atoms with E-state index in [2.05, 4.69) is 218 Å². The van der Waals surface area contributed by atoms with E-state index in [9.17, 15) is 0 Å². The van der Waals surface area contributed by atoms with E-state index in [4.69, 9.17) is 0 Å². The van der Waals surface area contributed by atoms with Gasteiger partial charge in [-0.2, -0.15) is 0 Å². The summed E-state index contributed by atoms with van der Waals surface area (Å²) in [7, 11) is -7.15. The summed E-state index contributed by atoms with van der Waals surface area (Å²) in [5.41, 5.74) is 1.97. The van der Waals surface area contributed by atoms with Crippen molar-refractivity contribution in [1.82, 2.24) is 0 Å². The van der Waals surface area contributed by atoms with Crippen LogP contribution >= 0.6 is 14.3 Å². The van der Waals surface area contributed by atoms with E-state index in [1.54, 1.807) is 0 Å². The second-order valence-electron chi connectivity index (χ2n) is 21.0. The second-order valence-corrected chi connectivity index (χ2v) is 26.4. The van der Waals surface area contributed by atoms with Crippen molar-refractivity contribution < 1.29 is 9.13 Å². The molecule has 0 N–H and O–H groups in total. The molecule has 0 amide bonds. The normalized spacial score (nSPS) is 13.1. The summed E-state index contributed by atoms with van der Waals surface area (Å²) in [6.45, 7) is 0. The fourth-order valence-corrected chi connectivity index (χ4v) is 19.0. The predicted molar refractivity (Wildman–Crippen MR) is 337 cm³/mol. The molecule has 0 saturated heterocycles. The summed E-state index contributed by atoms with van der Waals surface area (Å²) in [6, 6.07) is 98.4. The molecular formula is C74H46O2P2. The lowest BCUT2D eigenvalue weighted by atomic mass is 9.93. The van der Waals surface area contributed by atoms with Gasteiger partial charge in [-0.25, -0.2) is 0 Å². The van der Waals surface area contributed by atoms with Gasteiger partial charge >= 0.3 is 0 Å². The van der Waals surface area contributed by atoms with Gasteiger partial charge in [-0.1, -0.05) is 224 Å². The predicted octanol–water partition coefficient (Wildman–Crippen LogP) is 17.6. The average molecular weight is 1030 g/mol. The second kappa shape index (κ2) is 17.2. The Labute approximate surface area is 450 Å². The number of benzene rings is 16. The molecule has 0 aliphatic heterocycles. The Bertz CT molecular complexity index is 5220. The minimum Gasteiger partial charge on any atom is -0.309 e. The maximum atomic E-state index is 17.4. The van der Waals surface area contributed by atoms with Crippen LogP contribution in [0.3, 0.4) is 0 Å². The van der Waals surface area contributed by atoms with E-state index in [-0.39, 0.29) is 0 Å². The fraction of sp³-hybridized carbons (Fsp3) is 0. The van der Waals surface area contributed by atoms with Crippen LogP contribution in [0.1, 0.15) is 0 Å². The monoisotopic (exact) mass is 1030 g/mol. The van der Waals surface area contributed by atoms with Crippen molar-refractivity contribution in [2.24, 2.45) is 0 Å². The molecule has 16 rings (SSSR count). The molecule has 364 valence electrons. The SMILES string of the molecule is O=P(c1cccc(-c2ccc3ccc4c(P(=O)(c5ccccc5)c5ccccc5)c5c(ccc6ccccc65)cc4c3c2)c1)(c1ccc2cc3cc4ccccc4cc3cc2c1)c1ccc2ccc3cccc4ccc1c2c34. The molecule has 1 unspecified atom stereocenters. The third kappa shape index (κ3) is 6.71.